The van der Waals surface area contributed by atoms with Crippen LogP contribution in [-0.2, 0) is 5.88 Å². The third kappa shape index (κ3) is 1.49. The van der Waals surface area contributed by atoms with E-state index in [1.165, 1.54) is 0 Å². The minimum absolute atomic E-state index is 0.362. The van der Waals surface area contributed by atoms with Crippen molar-refractivity contribution in [3.63, 3.8) is 0 Å². The maximum absolute atomic E-state index is 10.8. The van der Waals surface area contributed by atoms with E-state index in [1.54, 1.807) is 11.3 Å². The van der Waals surface area contributed by atoms with Gasteiger partial charge in [0.2, 0.25) is 0 Å². The van der Waals surface area contributed by atoms with Crippen LogP contribution in [0.15, 0.2) is 22.0 Å². The van der Waals surface area contributed by atoms with Gasteiger partial charge in [-0.15, -0.1) is 22.9 Å². The van der Waals surface area contributed by atoms with Gasteiger partial charge in [-0.2, -0.15) is 0 Å². The Bertz CT molecular complexity index is 492. The number of alkyl halides is 1. The molecular weight excluding hydrogens is 284 g/mol. The Hall–Kier alpha value is -0.380. The number of rotatable bonds is 2. The molecule has 0 N–H and O–H groups in total. The molecule has 1 heterocycles. The summed E-state index contributed by atoms with van der Waals surface area (Å²) in [5.41, 5.74) is 1.58. The number of hydrogen-bond donors (Lipinski definition) is 0. The smallest absolute Gasteiger partial charge is 0.150 e. The molecule has 1 aromatic heterocycles. The summed E-state index contributed by atoms with van der Waals surface area (Å²) in [5, 5.41) is 3.07. The van der Waals surface area contributed by atoms with Crippen molar-refractivity contribution in [3.05, 3.63) is 33.1 Å². The van der Waals surface area contributed by atoms with Crippen LogP contribution in [0.1, 0.15) is 15.9 Å². The van der Waals surface area contributed by atoms with Gasteiger partial charge in [0.25, 0.3) is 0 Å². The first-order chi connectivity index (χ1) is 6.77. The predicted molar refractivity (Wildman–Crippen MR) is 64.5 cm³/mol. The maximum Gasteiger partial charge on any atom is 0.150 e. The lowest BCUT2D eigenvalue weighted by molar-refractivity contribution is 0.112. The molecular formula is C10H6BrClOS. The van der Waals surface area contributed by atoms with Crippen LogP contribution in [0, 0.1) is 0 Å². The van der Waals surface area contributed by atoms with E-state index >= 15 is 0 Å². The zero-order chi connectivity index (χ0) is 10.1. The number of thiophene rings is 1. The van der Waals surface area contributed by atoms with Crippen LogP contribution in [-0.4, -0.2) is 6.29 Å². The molecule has 0 radical (unpaired) electrons. The Morgan fingerprint density at radius 2 is 2.29 bits per heavy atom. The highest BCUT2D eigenvalue weighted by atomic mass is 79.9. The van der Waals surface area contributed by atoms with Gasteiger partial charge in [0.1, 0.15) is 6.29 Å². The van der Waals surface area contributed by atoms with Crippen LogP contribution < -0.4 is 0 Å². The fourth-order valence-corrected chi connectivity index (χ4v) is 3.43. The first-order valence-corrected chi connectivity index (χ1v) is 6.18. The monoisotopic (exact) mass is 288 g/mol. The molecule has 0 aliphatic rings. The number of aldehydes is 1. The SMILES string of the molecule is O=Cc1ccc2scc(Br)c2c1CCl. The van der Waals surface area contributed by atoms with E-state index in [1.807, 2.05) is 17.5 Å². The summed E-state index contributed by atoms with van der Waals surface area (Å²) >= 11 is 10.9. The van der Waals surface area contributed by atoms with Gasteiger partial charge in [0.05, 0.1) is 0 Å². The predicted octanol–water partition coefficient (Wildman–Crippen LogP) is 4.22. The zero-order valence-electron chi connectivity index (χ0n) is 7.09. The standard InChI is InChI=1S/C10H6BrClOS/c11-8-5-14-9-2-1-6(4-13)7(3-12)10(8)9/h1-2,4-5H,3H2. The van der Waals surface area contributed by atoms with Crippen LogP contribution in [0.5, 0.6) is 0 Å². The van der Waals surface area contributed by atoms with E-state index in [2.05, 4.69) is 15.9 Å². The van der Waals surface area contributed by atoms with Gasteiger partial charge < -0.3 is 0 Å². The normalized spacial score (nSPS) is 10.7. The van der Waals surface area contributed by atoms with Gasteiger partial charge in [0.15, 0.2) is 0 Å². The summed E-state index contributed by atoms with van der Waals surface area (Å²) in [7, 11) is 0. The van der Waals surface area contributed by atoms with Crippen molar-refractivity contribution in [2.75, 3.05) is 0 Å². The number of halogens is 2. The summed E-state index contributed by atoms with van der Waals surface area (Å²) in [6.07, 6.45) is 0.848. The second kappa shape index (κ2) is 4.01. The fraction of sp³-hybridized carbons (Fsp3) is 0.100. The highest BCUT2D eigenvalue weighted by Gasteiger charge is 2.10. The average molecular weight is 290 g/mol. The molecule has 2 aromatic rings. The Labute approximate surface area is 98.8 Å². The van der Waals surface area contributed by atoms with Crippen molar-refractivity contribution in [3.8, 4) is 0 Å². The lowest BCUT2D eigenvalue weighted by Gasteiger charge is -2.02. The lowest BCUT2D eigenvalue weighted by atomic mass is 10.1. The molecule has 2 rings (SSSR count). The number of carbonyl (C=O) groups is 1. The Balaban J connectivity index is 2.87. The summed E-state index contributed by atoms with van der Waals surface area (Å²) < 4.78 is 2.16. The summed E-state index contributed by atoms with van der Waals surface area (Å²) in [4.78, 5) is 10.8. The van der Waals surface area contributed by atoms with Crippen LogP contribution in [0.4, 0.5) is 0 Å². The molecule has 0 aliphatic carbocycles. The van der Waals surface area contributed by atoms with Crippen LogP contribution >= 0.6 is 38.9 Å². The first-order valence-electron chi connectivity index (χ1n) is 3.97. The van der Waals surface area contributed by atoms with E-state index < -0.39 is 0 Å². The quantitative estimate of drug-likeness (QED) is 0.598. The third-order valence-electron chi connectivity index (χ3n) is 2.10. The van der Waals surface area contributed by atoms with Crippen molar-refractivity contribution in [1.82, 2.24) is 0 Å². The minimum Gasteiger partial charge on any atom is -0.298 e. The van der Waals surface area contributed by atoms with Gasteiger partial charge >= 0.3 is 0 Å². The van der Waals surface area contributed by atoms with Crippen LogP contribution in [0.25, 0.3) is 10.1 Å². The van der Waals surface area contributed by atoms with Crippen molar-refractivity contribution in [2.24, 2.45) is 0 Å². The van der Waals surface area contributed by atoms with Gasteiger partial charge in [-0.1, -0.05) is 0 Å². The fourth-order valence-electron chi connectivity index (χ4n) is 1.43. The molecule has 4 heteroatoms. The van der Waals surface area contributed by atoms with E-state index in [-0.39, 0.29) is 0 Å². The van der Waals surface area contributed by atoms with Crippen molar-refractivity contribution in [2.45, 2.75) is 5.88 Å². The molecule has 0 spiro atoms. The maximum atomic E-state index is 10.8. The van der Waals surface area contributed by atoms with Gasteiger partial charge in [-0.25, -0.2) is 0 Å². The molecule has 0 saturated carbocycles. The highest BCUT2D eigenvalue weighted by molar-refractivity contribution is 9.10. The molecule has 1 nitrogen and oxygen atoms in total. The molecule has 0 amide bonds. The van der Waals surface area contributed by atoms with Crippen molar-refractivity contribution in [1.29, 1.82) is 0 Å². The average Bonchev–Trinajstić information content (AvgIpc) is 2.59. The molecule has 0 bridgehead atoms. The van der Waals surface area contributed by atoms with Gasteiger partial charge in [-0.3, -0.25) is 4.79 Å². The van der Waals surface area contributed by atoms with Crippen molar-refractivity contribution < 1.29 is 4.79 Å². The molecule has 0 fully saturated rings. The second-order valence-electron chi connectivity index (χ2n) is 2.84. The molecule has 14 heavy (non-hydrogen) atoms. The topological polar surface area (TPSA) is 17.1 Å². The van der Waals surface area contributed by atoms with Crippen molar-refractivity contribution >= 4 is 55.2 Å². The first kappa shape index (κ1) is 10.1. The summed E-state index contributed by atoms with van der Waals surface area (Å²) in [5.74, 6) is 0.362. The van der Waals surface area contributed by atoms with E-state index in [0.717, 1.165) is 26.4 Å². The molecule has 0 saturated heterocycles. The molecule has 72 valence electrons. The number of carbonyl (C=O) groups excluding carboxylic acids is 1. The molecule has 0 unspecified atom stereocenters. The van der Waals surface area contributed by atoms with E-state index in [0.29, 0.717) is 11.4 Å². The van der Waals surface area contributed by atoms with E-state index in [4.69, 9.17) is 11.6 Å². The third-order valence-corrected chi connectivity index (χ3v) is 4.24. The zero-order valence-corrected chi connectivity index (χ0v) is 10.2. The molecule has 1 aromatic carbocycles. The summed E-state index contributed by atoms with van der Waals surface area (Å²) in [6.45, 7) is 0. The number of hydrogen-bond acceptors (Lipinski definition) is 2. The molecule has 0 aliphatic heterocycles. The Morgan fingerprint density at radius 3 is 2.93 bits per heavy atom. The second-order valence-corrected chi connectivity index (χ2v) is 4.87. The minimum atomic E-state index is 0.362. The molecule has 0 atom stereocenters. The van der Waals surface area contributed by atoms with Crippen LogP contribution in [0.3, 0.4) is 0 Å². The van der Waals surface area contributed by atoms with Gasteiger partial charge in [0, 0.05) is 31.4 Å². The highest BCUT2D eigenvalue weighted by Crippen LogP contribution is 2.34. The summed E-state index contributed by atoms with van der Waals surface area (Å²) in [6, 6.07) is 3.76. The Kier molecular flexibility index (Phi) is 2.91. The largest absolute Gasteiger partial charge is 0.298 e. The number of fused-ring (bicyclic) bond motifs is 1. The number of benzene rings is 1. The Morgan fingerprint density at radius 1 is 1.50 bits per heavy atom. The van der Waals surface area contributed by atoms with Gasteiger partial charge in [-0.05, 0) is 33.6 Å². The van der Waals surface area contributed by atoms with E-state index in [9.17, 15) is 4.79 Å². The van der Waals surface area contributed by atoms with Crippen LogP contribution in [0.2, 0.25) is 0 Å². The lowest BCUT2D eigenvalue weighted by Crippen LogP contribution is -1.89.